The first-order valence-corrected chi connectivity index (χ1v) is 8.92. The second-order valence-corrected chi connectivity index (χ2v) is 7.00. The standard InChI is InChI=1S/C15H23N3O2S/c1-4-18(21(3,19)20)11-5-10-17-13(2)15-8-6-14(12-16)7-9-15/h6-9,13,17H,4-5,10-11H2,1-3H3. The molecule has 1 unspecified atom stereocenters. The quantitative estimate of drug-likeness (QED) is 0.744. The summed E-state index contributed by atoms with van der Waals surface area (Å²) in [5.74, 6) is 0. The van der Waals surface area contributed by atoms with Gasteiger partial charge in [0.1, 0.15) is 0 Å². The van der Waals surface area contributed by atoms with Crippen molar-refractivity contribution in [3.63, 3.8) is 0 Å². The van der Waals surface area contributed by atoms with Crippen molar-refractivity contribution in [1.82, 2.24) is 9.62 Å². The van der Waals surface area contributed by atoms with Crippen LogP contribution in [0.1, 0.15) is 37.4 Å². The first-order chi connectivity index (χ1) is 9.88. The molecule has 0 aliphatic heterocycles. The van der Waals surface area contributed by atoms with E-state index in [1.54, 1.807) is 12.1 Å². The minimum absolute atomic E-state index is 0.172. The monoisotopic (exact) mass is 309 g/mol. The van der Waals surface area contributed by atoms with E-state index in [0.717, 1.165) is 18.5 Å². The molecule has 1 rings (SSSR count). The third-order valence-electron chi connectivity index (χ3n) is 3.40. The summed E-state index contributed by atoms with van der Waals surface area (Å²) in [5, 5.41) is 12.1. The van der Waals surface area contributed by atoms with Gasteiger partial charge < -0.3 is 5.32 Å². The van der Waals surface area contributed by atoms with Crippen molar-refractivity contribution in [3.05, 3.63) is 35.4 Å². The van der Waals surface area contributed by atoms with E-state index < -0.39 is 10.0 Å². The molecule has 116 valence electrons. The largest absolute Gasteiger partial charge is 0.310 e. The Morgan fingerprint density at radius 3 is 2.43 bits per heavy atom. The minimum Gasteiger partial charge on any atom is -0.310 e. The number of benzene rings is 1. The molecule has 0 bridgehead atoms. The van der Waals surface area contributed by atoms with E-state index in [9.17, 15) is 8.42 Å². The summed E-state index contributed by atoms with van der Waals surface area (Å²) in [6, 6.07) is 9.74. The Hall–Kier alpha value is -1.42. The van der Waals surface area contributed by atoms with Crippen molar-refractivity contribution >= 4 is 10.0 Å². The molecular formula is C15H23N3O2S. The van der Waals surface area contributed by atoms with Gasteiger partial charge in [-0.05, 0) is 37.6 Å². The molecule has 0 aliphatic rings. The average Bonchev–Trinajstić information content (AvgIpc) is 2.45. The fourth-order valence-electron chi connectivity index (χ4n) is 2.10. The smallest absolute Gasteiger partial charge is 0.211 e. The molecule has 1 aromatic rings. The molecule has 21 heavy (non-hydrogen) atoms. The lowest BCUT2D eigenvalue weighted by Crippen LogP contribution is -2.32. The Morgan fingerprint density at radius 2 is 1.95 bits per heavy atom. The minimum atomic E-state index is -3.10. The van der Waals surface area contributed by atoms with Crippen LogP contribution in [0.4, 0.5) is 0 Å². The molecule has 0 spiro atoms. The summed E-state index contributed by atoms with van der Waals surface area (Å²) >= 11 is 0. The number of hydrogen-bond acceptors (Lipinski definition) is 4. The van der Waals surface area contributed by atoms with Crippen LogP contribution in [0.15, 0.2) is 24.3 Å². The molecule has 0 fully saturated rings. The molecule has 1 N–H and O–H groups in total. The van der Waals surface area contributed by atoms with Gasteiger partial charge in [-0.1, -0.05) is 19.1 Å². The molecule has 5 nitrogen and oxygen atoms in total. The topological polar surface area (TPSA) is 73.2 Å². The summed E-state index contributed by atoms with van der Waals surface area (Å²) in [6.07, 6.45) is 2.00. The van der Waals surface area contributed by atoms with Gasteiger partial charge in [0, 0.05) is 19.1 Å². The van der Waals surface area contributed by atoms with Gasteiger partial charge in [0.05, 0.1) is 17.9 Å². The van der Waals surface area contributed by atoms with Gasteiger partial charge in [-0.2, -0.15) is 5.26 Å². The van der Waals surface area contributed by atoms with Crippen LogP contribution in [-0.4, -0.2) is 38.6 Å². The Bertz CT molecular complexity index is 576. The van der Waals surface area contributed by atoms with Gasteiger partial charge in [0.15, 0.2) is 0 Å². The number of nitrogens with zero attached hydrogens (tertiary/aromatic N) is 2. The molecule has 0 radical (unpaired) electrons. The summed E-state index contributed by atoms with van der Waals surface area (Å²) in [5.41, 5.74) is 1.77. The molecule has 1 aromatic carbocycles. The van der Waals surface area contributed by atoms with Gasteiger partial charge in [-0.3, -0.25) is 0 Å². The van der Waals surface area contributed by atoms with Gasteiger partial charge in [-0.25, -0.2) is 12.7 Å². The third kappa shape index (κ3) is 5.84. The second kappa shape index (κ2) is 8.13. The zero-order valence-corrected chi connectivity index (χ0v) is 13.7. The molecule has 1 atom stereocenters. The number of nitrogens with one attached hydrogen (secondary N) is 1. The van der Waals surface area contributed by atoms with Crippen molar-refractivity contribution in [2.24, 2.45) is 0 Å². The van der Waals surface area contributed by atoms with Crippen molar-refractivity contribution in [2.75, 3.05) is 25.9 Å². The number of hydrogen-bond donors (Lipinski definition) is 1. The highest BCUT2D eigenvalue weighted by atomic mass is 32.2. The predicted molar refractivity (Wildman–Crippen MR) is 84.3 cm³/mol. The summed E-state index contributed by atoms with van der Waals surface area (Å²) in [7, 11) is -3.10. The van der Waals surface area contributed by atoms with E-state index in [4.69, 9.17) is 5.26 Å². The summed E-state index contributed by atoms with van der Waals surface area (Å²) in [4.78, 5) is 0. The van der Waals surface area contributed by atoms with E-state index in [0.29, 0.717) is 18.7 Å². The molecule has 0 saturated carbocycles. The van der Waals surface area contributed by atoms with E-state index in [2.05, 4.69) is 18.3 Å². The normalized spacial score (nSPS) is 13.1. The maximum absolute atomic E-state index is 11.5. The molecule has 0 aromatic heterocycles. The molecule has 6 heteroatoms. The fourth-order valence-corrected chi connectivity index (χ4v) is 3.03. The van der Waals surface area contributed by atoms with E-state index >= 15 is 0 Å². The second-order valence-electron chi connectivity index (χ2n) is 5.02. The van der Waals surface area contributed by atoms with E-state index in [-0.39, 0.29) is 6.04 Å². The first-order valence-electron chi connectivity index (χ1n) is 7.07. The Kier molecular flexibility index (Phi) is 6.82. The Labute approximate surface area is 127 Å². The molecule has 0 heterocycles. The van der Waals surface area contributed by atoms with Gasteiger partial charge >= 0.3 is 0 Å². The van der Waals surface area contributed by atoms with Gasteiger partial charge in [0.25, 0.3) is 0 Å². The molecule has 0 aliphatic carbocycles. The van der Waals surface area contributed by atoms with Crippen LogP contribution >= 0.6 is 0 Å². The van der Waals surface area contributed by atoms with Gasteiger partial charge in [0.2, 0.25) is 10.0 Å². The van der Waals surface area contributed by atoms with Crippen molar-refractivity contribution in [1.29, 1.82) is 5.26 Å². The molecule has 0 amide bonds. The lowest BCUT2D eigenvalue weighted by atomic mass is 10.1. The number of rotatable bonds is 8. The summed E-state index contributed by atoms with van der Waals surface area (Å²) < 4.78 is 24.4. The third-order valence-corrected chi connectivity index (χ3v) is 4.78. The van der Waals surface area contributed by atoms with Gasteiger partial charge in [-0.15, -0.1) is 0 Å². The zero-order valence-electron chi connectivity index (χ0n) is 12.8. The van der Waals surface area contributed by atoms with Crippen LogP contribution in [0, 0.1) is 11.3 Å². The molecular weight excluding hydrogens is 286 g/mol. The van der Waals surface area contributed by atoms with Crippen molar-refractivity contribution < 1.29 is 8.42 Å². The van der Waals surface area contributed by atoms with Crippen LogP contribution in [0.3, 0.4) is 0 Å². The SMILES string of the molecule is CCN(CCCNC(C)c1ccc(C#N)cc1)S(C)(=O)=O. The van der Waals surface area contributed by atoms with Crippen LogP contribution in [0.25, 0.3) is 0 Å². The number of sulfonamides is 1. The highest BCUT2D eigenvalue weighted by Crippen LogP contribution is 2.13. The fraction of sp³-hybridized carbons (Fsp3) is 0.533. The zero-order chi connectivity index (χ0) is 15.9. The van der Waals surface area contributed by atoms with Crippen LogP contribution < -0.4 is 5.32 Å². The predicted octanol–water partition coefficient (Wildman–Crippen LogP) is 1.88. The molecule has 0 saturated heterocycles. The van der Waals surface area contributed by atoms with E-state index in [1.807, 2.05) is 19.1 Å². The van der Waals surface area contributed by atoms with Crippen LogP contribution in [-0.2, 0) is 10.0 Å². The average molecular weight is 309 g/mol. The number of nitriles is 1. The van der Waals surface area contributed by atoms with Crippen LogP contribution in [0.2, 0.25) is 0 Å². The van der Waals surface area contributed by atoms with Crippen LogP contribution in [0.5, 0.6) is 0 Å². The van der Waals surface area contributed by atoms with E-state index in [1.165, 1.54) is 10.6 Å². The van der Waals surface area contributed by atoms with Crippen molar-refractivity contribution in [2.45, 2.75) is 26.3 Å². The highest BCUT2D eigenvalue weighted by molar-refractivity contribution is 7.88. The Balaban J connectivity index is 2.40. The Morgan fingerprint density at radius 1 is 1.33 bits per heavy atom. The summed E-state index contributed by atoms with van der Waals surface area (Å²) in [6.45, 7) is 5.67. The van der Waals surface area contributed by atoms with Crippen molar-refractivity contribution in [3.8, 4) is 6.07 Å². The lowest BCUT2D eigenvalue weighted by Gasteiger charge is -2.19. The first kappa shape index (κ1) is 17.6. The maximum Gasteiger partial charge on any atom is 0.211 e. The maximum atomic E-state index is 11.5. The highest BCUT2D eigenvalue weighted by Gasteiger charge is 2.13. The lowest BCUT2D eigenvalue weighted by molar-refractivity contribution is 0.413.